The summed E-state index contributed by atoms with van der Waals surface area (Å²) in [5.74, 6) is 1.94. The molecule has 1 aromatic carbocycles. The van der Waals surface area contributed by atoms with E-state index in [0.717, 1.165) is 5.56 Å². The van der Waals surface area contributed by atoms with Gasteiger partial charge in [0.25, 0.3) is 0 Å². The maximum atomic E-state index is 12.3. The summed E-state index contributed by atoms with van der Waals surface area (Å²) < 4.78 is 16.1. The third-order valence-corrected chi connectivity index (χ3v) is 4.53. The molecule has 0 spiro atoms. The van der Waals surface area contributed by atoms with Gasteiger partial charge in [0.05, 0.1) is 26.9 Å². The molecule has 0 saturated carbocycles. The van der Waals surface area contributed by atoms with E-state index in [4.69, 9.17) is 19.9 Å². The second kappa shape index (κ2) is 8.78. The predicted octanol–water partition coefficient (Wildman–Crippen LogP) is 2.13. The Morgan fingerprint density at radius 3 is 2.25 bits per heavy atom. The van der Waals surface area contributed by atoms with E-state index < -0.39 is 5.54 Å². The minimum absolute atomic E-state index is 0.0338. The predicted molar refractivity (Wildman–Crippen MR) is 94.9 cm³/mol. The highest BCUT2D eigenvalue weighted by molar-refractivity contribution is 5.77. The summed E-state index contributed by atoms with van der Waals surface area (Å²) in [4.78, 5) is 12.3. The van der Waals surface area contributed by atoms with Crippen molar-refractivity contribution in [2.45, 2.75) is 39.2 Å². The normalized spacial score (nSPS) is 13.3. The average molecular weight is 338 g/mol. The van der Waals surface area contributed by atoms with E-state index >= 15 is 0 Å². The molecule has 0 heterocycles. The molecule has 0 saturated heterocycles. The summed E-state index contributed by atoms with van der Waals surface area (Å²) in [6.07, 6.45) is 0.877. The Bertz CT molecular complexity index is 560. The van der Waals surface area contributed by atoms with Gasteiger partial charge in [-0.1, -0.05) is 19.9 Å². The number of nitrogens with two attached hydrogens (primary N) is 1. The van der Waals surface area contributed by atoms with Gasteiger partial charge in [0.15, 0.2) is 11.5 Å². The fourth-order valence-corrected chi connectivity index (χ4v) is 2.42. The average Bonchev–Trinajstić information content (AvgIpc) is 2.58. The lowest BCUT2D eigenvalue weighted by Crippen LogP contribution is -2.55. The van der Waals surface area contributed by atoms with Gasteiger partial charge in [-0.25, -0.2) is 0 Å². The van der Waals surface area contributed by atoms with E-state index in [0.29, 0.717) is 36.6 Å². The van der Waals surface area contributed by atoms with Crippen molar-refractivity contribution in [3.8, 4) is 17.2 Å². The molecule has 24 heavy (non-hydrogen) atoms. The fourth-order valence-electron chi connectivity index (χ4n) is 2.42. The maximum absolute atomic E-state index is 12.3. The molecule has 0 radical (unpaired) electrons. The number of hydrogen-bond acceptors (Lipinski definition) is 5. The lowest BCUT2D eigenvalue weighted by molar-refractivity contribution is -0.123. The number of carbonyl (C=O) groups excluding carboxylic acids is 1. The number of hydrogen-bond donors (Lipinski definition) is 2. The van der Waals surface area contributed by atoms with Crippen molar-refractivity contribution in [2.75, 3.05) is 27.9 Å². The van der Waals surface area contributed by atoms with Crippen LogP contribution in [0, 0.1) is 5.92 Å². The van der Waals surface area contributed by atoms with Crippen LogP contribution in [-0.2, 0) is 11.2 Å². The lowest BCUT2D eigenvalue weighted by Gasteiger charge is -2.33. The first-order valence-electron chi connectivity index (χ1n) is 8.11. The van der Waals surface area contributed by atoms with Gasteiger partial charge in [0.1, 0.15) is 0 Å². The van der Waals surface area contributed by atoms with E-state index in [1.165, 1.54) is 0 Å². The minimum atomic E-state index is -0.404. The van der Waals surface area contributed by atoms with Crippen LogP contribution in [0.2, 0.25) is 0 Å². The summed E-state index contributed by atoms with van der Waals surface area (Å²) in [7, 11) is 4.71. The van der Waals surface area contributed by atoms with Crippen molar-refractivity contribution in [1.82, 2.24) is 5.32 Å². The van der Waals surface area contributed by atoms with Gasteiger partial charge < -0.3 is 25.3 Å². The number of benzene rings is 1. The highest BCUT2D eigenvalue weighted by Crippen LogP contribution is 2.40. The molecule has 0 bridgehead atoms. The van der Waals surface area contributed by atoms with Gasteiger partial charge in [-0.05, 0) is 30.9 Å². The Hall–Kier alpha value is -1.95. The molecule has 6 heteroatoms. The van der Waals surface area contributed by atoms with E-state index in [2.05, 4.69) is 5.32 Å². The number of nitrogens with one attached hydrogen (secondary N) is 1. The Morgan fingerprint density at radius 1 is 1.17 bits per heavy atom. The molecule has 3 N–H and O–H groups in total. The second-order valence-corrected chi connectivity index (χ2v) is 6.32. The summed E-state index contributed by atoms with van der Waals surface area (Å²) in [5, 5.41) is 3.04. The third-order valence-electron chi connectivity index (χ3n) is 4.53. The molecule has 1 amide bonds. The van der Waals surface area contributed by atoms with E-state index in [1.807, 2.05) is 32.9 Å². The summed E-state index contributed by atoms with van der Waals surface area (Å²) >= 11 is 0. The topological polar surface area (TPSA) is 82.8 Å². The van der Waals surface area contributed by atoms with Crippen molar-refractivity contribution in [2.24, 2.45) is 11.7 Å². The van der Waals surface area contributed by atoms with Crippen LogP contribution in [0.3, 0.4) is 0 Å². The molecule has 1 atom stereocenters. The molecule has 1 aromatic rings. The molecular formula is C18H30N2O4. The van der Waals surface area contributed by atoms with Crippen LogP contribution in [-0.4, -0.2) is 39.3 Å². The van der Waals surface area contributed by atoms with Crippen molar-refractivity contribution in [3.63, 3.8) is 0 Å². The van der Waals surface area contributed by atoms with E-state index in [9.17, 15) is 4.79 Å². The highest BCUT2D eigenvalue weighted by Gasteiger charge is 2.28. The number of amides is 1. The molecule has 0 aromatic heterocycles. The van der Waals surface area contributed by atoms with Crippen molar-refractivity contribution in [3.05, 3.63) is 17.7 Å². The molecule has 0 aliphatic rings. The van der Waals surface area contributed by atoms with Crippen LogP contribution in [0.1, 0.15) is 32.8 Å². The monoisotopic (exact) mass is 338 g/mol. The Kier molecular flexibility index (Phi) is 7.35. The second-order valence-electron chi connectivity index (χ2n) is 6.32. The zero-order chi connectivity index (χ0) is 18.3. The SMILES string of the molecule is COc1ccc(CCC(=O)NC(C)(CN)C(C)C)c(OC)c1OC. The standard InChI is InChI=1S/C18H30N2O4/c1-12(2)18(3,11-19)20-15(21)10-8-13-7-9-14(22-4)17(24-6)16(13)23-5/h7,9,12H,8,10-11,19H2,1-6H3,(H,20,21). The number of rotatable bonds is 9. The Balaban J connectivity index is 2.86. The minimum Gasteiger partial charge on any atom is -0.493 e. The Morgan fingerprint density at radius 2 is 1.79 bits per heavy atom. The van der Waals surface area contributed by atoms with Crippen LogP contribution in [0.5, 0.6) is 17.2 Å². The van der Waals surface area contributed by atoms with Gasteiger partial charge in [0, 0.05) is 13.0 Å². The largest absolute Gasteiger partial charge is 0.493 e. The van der Waals surface area contributed by atoms with Crippen LogP contribution in [0.4, 0.5) is 0 Å². The fraction of sp³-hybridized carbons (Fsp3) is 0.611. The van der Waals surface area contributed by atoms with Crippen LogP contribution in [0.15, 0.2) is 12.1 Å². The van der Waals surface area contributed by atoms with Crippen LogP contribution in [0.25, 0.3) is 0 Å². The summed E-state index contributed by atoms with van der Waals surface area (Å²) in [6.45, 7) is 6.46. The van der Waals surface area contributed by atoms with Crippen molar-refractivity contribution >= 4 is 5.91 Å². The highest BCUT2D eigenvalue weighted by atomic mass is 16.5. The first kappa shape index (κ1) is 20.1. The van der Waals surface area contributed by atoms with Crippen LogP contribution >= 0.6 is 0 Å². The lowest BCUT2D eigenvalue weighted by atomic mass is 9.88. The number of aryl methyl sites for hydroxylation is 1. The molecule has 1 unspecified atom stereocenters. The van der Waals surface area contributed by atoms with Gasteiger partial charge in [-0.2, -0.15) is 0 Å². The zero-order valence-corrected chi connectivity index (χ0v) is 15.6. The van der Waals surface area contributed by atoms with Crippen molar-refractivity contribution in [1.29, 1.82) is 0 Å². The molecule has 136 valence electrons. The molecule has 0 aliphatic heterocycles. The van der Waals surface area contributed by atoms with Gasteiger partial charge in [-0.15, -0.1) is 0 Å². The van der Waals surface area contributed by atoms with Gasteiger partial charge >= 0.3 is 0 Å². The number of methoxy groups -OCH3 is 3. The molecule has 0 fully saturated rings. The van der Waals surface area contributed by atoms with E-state index in [-0.39, 0.29) is 11.8 Å². The van der Waals surface area contributed by atoms with Gasteiger partial charge in [0.2, 0.25) is 11.7 Å². The van der Waals surface area contributed by atoms with Gasteiger partial charge in [-0.3, -0.25) is 4.79 Å². The first-order chi connectivity index (χ1) is 11.3. The smallest absolute Gasteiger partial charge is 0.220 e. The summed E-state index contributed by atoms with van der Waals surface area (Å²) in [6, 6.07) is 3.70. The number of ether oxygens (including phenoxy) is 3. The Labute approximate surface area is 144 Å². The molecule has 0 aliphatic carbocycles. The first-order valence-corrected chi connectivity index (χ1v) is 8.11. The molecular weight excluding hydrogens is 308 g/mol. The zero-order valence-electron chi connectivity index (χ0n) is 15.6. The van der Waals surface area contributed by atoms with Crippen LogP contribution < -0.4 is 25.3 Å². The molecule has 1 rings (SSSR count). The van der Waals surface area contributed by atoms with Crippen molar-refractivity contribution < 1.29 is 19.0 Å². The molecule has 6 nitrogen and oxygen atoms in total. The third kappa shape index (κ3) is 4.54. The quantitative estimate of drug-likeness (QED) is 0.721. The summed E-state index contributed by atoms with van der Waals surface area (Å²) in [5.41, 5.74) is 6.30. The van der Waals surface area contributed by atoms with E-state index in [1.54, 1.807) is 21.3 Å². The number of carbonyl (C=O) groups is 1. The maximum Gasteiger partial charge on any atom is 0.220 e.